The van der Waals surface area contributed by atoms with Crippen LogP contribution in [0.4, 0.5) is 0 Å². The fourth-order valence-corrected chi connectivity index (χ4v) is 2.15. The van der Waals surface area contributed by atoms with Crippen LogP contribution in [0.2, 0.25) is 0 Å². The van der Waals surface area contributed by atoms with Crippen LogP contribution >= 0.6 is 0 Å². The number of rotatable bonds is 0. The second-order valence-corrected chi connectivity index (χ2v) is 5.61. The molecule has 0 heterocycles. The molecule has 0 atom stereocenters. The normalized spacial score (nSPS) is 15.8. The monoisotopic (exact) mass is 214 g/mol. The van der Waals surface area contributed by atoms with Crippen LogP contribution in [0.3, 0.4) is 0 Å². The molecule has 16 heavy (non-hydrogen) atoms. The molecule has 1 aliphatic carbocycles. The highest BCUT2D eigenvalue weighted by Crippen LogP contribution is 2.33. The van der Waals surface area contributed by atoms with Gasteiger partial charge in [-0.15, -0.1) is 0 Å². The molecule has 84 valence electrons. The predicted octanol–water partition coefficient (Wildman–Crippen LogP) is 3.55. The van der Waals surface area contributed by atoms with Crippen molar-refractivity contribution in [3.05, 3.63) is 40.5 Å². The van der Waals surface area contributed by atoms with Gasteiger partial charge in [-0.2, -0.15) is 0 Å². The summed E-state index contributed by atoms with van der Waals surface area (Å²) in [6, 6.07) is 6.30. The summed E-state index contributed by atoms with van der Waals surface area (Å²) in [6.45, 7) is 8.37. The smallest absolute Gasteiger partial charge is 0.163 e. The molecule has 0 spiro atoms. The largest absolute Gasteiger partial charge is 0.294 e. The summed E-state index contributed by atoms with van der Waals surface area (Å²) in [7, 11) is 0. The summed E-state index contributed by atoms with van der Waals surface area (Å²) in [5.41, 5.74) is 4.51. The maximum Gasteiger partial charge on any atom is 0.163 e. The molecule has 1 aliphatic rings. The lowest BCUT2D eigenvalue weighted by Gasteiger charge is -2.26. The first-order valence-corrected chi connectivity index (χ1v) is 5.73. The highest BCUT2D eigenvalue weighted by Gasteiger charge is 2.27. The standard InChI is InChI=1S/C15H18O/c1-10-5-6-11-9-14(16)13(15(2,3)4)8-12(11)7-10/h5-8H,9H2,1-4H3. The van der Waals surface area contributed by atoms with Crippen LogP contribution in [-0.4, -0.2) is 5.78 Å². The molecule has 1 nitrogen and oxygen atoms in total. The van der Waals surface area contributed by atoms with Crippen molar-refractivity contribution >= 4 is 11.9 Å². The zero-order chi connectivity index (χ0) is 11.9. The first-order valence-electron chi connectivity index (χ1n) is 5.73. The molecule has 1 heteroatoms. The van der Waals surface area contributed by atoms with Gasteiger partial charge in [-0.25, -0.2) is 0 Å². The number of ketones is 1. The van der Waals surface area contributed by atoms with E-state index in [-0.39, 0.29) is 11.2 Å². The molecule has 0 saturated heterocycles. The van der Waals surface area contributed by atoms with Gasteiger partial charge in [-0.05, 0) is 29.5 Å². The van der Waals surface area contributed by atoms with Crippen molar-refractivity contribution in [3.63, 3.8) is 0 Å². The summed E-state index contributed by atoms with van der Waals surface area (Å²) in [4.78, 5) is 12.0. The Kier molecular flexibility index (Phi) is 2.49. The third kappa shape index (κ3) is 1.95. The summed E-state index contributed by atoms with van der Waals surface area (Å²) in [5.74, 6) is 0.267. The number of carbonyl (C=O) groups is 1. The molecule has 0 aromatic heterocycles. The van der Waals surface area contributed by atoms with Crippen LogP contribution in [0.1, 0.15) is 37.5 Å². The molecular formula is C15H18O. The molecule has 1 aromatic rings. The second kappa shape index (κ2) is 3.58. The van der Waals surface area contributed by atoms with Gasteiger partial charge in [0.2, 0.25) is 0 Å². The molecule has 0 unspecified atom stereocenters. The van der Waals surface area contributed by atoms with E-state index in [0.717, 1.165) is 11.1 Å². The lowest BCUT2D eigenvalue weighted by atomic mass is 9.77. The van der Waals surface area contributed by atoms with Gasteiger partial charge in [0.25, 0.3) is 0 Å². The molecular weight excluding hydrogens is 196 g/mol. The maximum absolute atomic E-state index is 12.0. The van der Waals surface area contributed by atoms with Crippen LogP contribution in [0, 0.1) is 12.3 Å². The molecule has 1 aromatic carbocycles. The van der Waals surface area contributed by atoms with Crippen molar-refractivity contribution < 1.29 is 4.79 Å². The van der Waals surface area contributed by atoms with Gasteiger partial charge in [0.1, 0.15) is 0 Å². The third-order valence-corrected chi connectivity index (χ3v) is 3.06. The van der Waals surface area contributed by atoms with E-state index < -0.39 is 0 Å². The average Bonchev–Trinajstić information content (AvgIpc) is 2.16. The molecule has 2 rings (SSSR count). The van der Waals surface area contributed by atoms with E-state index in [1.165, 1.54) is 11.1 Å². The van der Waals surface area contributed by atoms with E-state index in [1.807, 2.05) is 0 Å². The molecule has 0 N–H and O–H groups in total. The molecule has 0 bridgehead atoms. The fraction of sp³-hybridized carbons (Fsp3) is 0.400. The van der Waals surface area contributed by atoms with Gasteiger partial charge in [-0.1, -0.05) is 44.5 Å². The molecule has 0 aliphatic heterocycles. The SMILES string of the molecule is Cc1ccc2c(c1)C=C(C(C)(C)C)C(=O)C2. The van der Waals surface area contributed by atoms with Crippen LogP contribution in [0.15, 0.2) is 23.8 Å². The quantitative estimate of drug-likeness (QED) is 0.645. The molecule has 0 saturated carbocycles. The Hall–Kier alpha value is -1.37. The molecule has 0 radical (unpaired) electrons. The highest BCUT2D eigenvalue weighted by molar-refractivity contribution is 6.04. The minimum absolute atomic E-state index is 0.0570. The summed E-state index contributed by atoms with van der Waals surface area (Å²) in [5, 5.41) is 0. The van der Waals surface area contributed by atoms with Gasteiger partial charge in [-0.3, -0.25) is 4.79 Å². The molecule has 0 fully saturated rings. The van der Waals surface area contributed by atoms with Crippen molar-refractivity contribution in [1.29, 1.82) is 0 Å². The number of hydrogen-bond donors (Lipinski definition) is 0. The zero-order valence-electron chi connectivity index (χ0n) is 10.4. The Bertz CT molecular complexity index is 473. The Morgan fingerprint density at radius 2 is 1.88 bits per heavy atom. The van der Waals surface area contributed by atoms with Gasteiger partial charge >= 0.3 is 0 Å². The maximum atomic E-state index is 12.0. The zero-order valence-corrected chi connectivity index (χ0v) is 10.4. The fourth-order valence-electron chi connectivity index (χ4n) is 2.15. The minimum Gasteiger partial charge on any atom is -0.294 e. The summed E-state index contributed by atoms with van der Waals surface area (Å²) < 4.78 is 0. The van der Waals surface area contributed by atoms with Crippen LogP contribution in [0.5, 0.6) is 0 Å². The second-order valence-electron chi connectivity index (χ2n) is 5.61. The van der Waals surface area contributed by atoms with Gasteiger partial charge in [0.15, 0.2) is 5.78 Å². The van der Waals surface area contributed by atoms with E-state index >= 15 is 0 Å². The molecule has 0 amide bonds. The Labute approximate surface area is 97.2 Å². The number of Topliss-reactive ketones (excluding diaryl/α,β-unsaturated/α-hetero) is 1. The van der Waals surface area contributed by atoms with Crippen molar-refractivity contribution in [1.82, 2.24) is 0 Å². The first kappa shape index (κ1) is 11.1. The van der Waals surface area contributed by atoms with E-state index in [4.69, 9.17) is 0 Å². The van der Waals surface area contributed by atoms with Gasteiger partial charge in [0.05, 0.1) is 0 Å². The average molecular weight is 214 g/mol. The van der Waals surface area contributed by atoms with Crippen LogP contribution < -0.4 is 0 Å². The van der Waals surface area contributed by atoms with E-state index in [2.05, 4.69) is 52.0 Å². The first-order chi connectivity index (χ1) is 7.38. The number of fused-ring (bicyclic) bond motifs is 1. The van der Waals surface area contributed by atoms with Crippen molar-refractivity contribution in [2.75, 3.05) is 0 Å². The van der Waals surface area contributed by atoms with Crippen LogP contribution in [0.25, 0.3) is 6.08 Å². The predicted molar refractivity (Wildman–Crippen MR) is 67.3 cm³/mol. The van der Waals surface area contributed by atoms with Crippen molar-refractivity contribution in [2.24, 2.45) is 5.41 Å². The lowest BCUT2D eigenvalue weighted by molar-refractivity contribution is -0.115. The van der Waals surface area contributed by atoms with Crippen molar-refractivity contribution in [2.45, 2.75) is 34.1 Å². The number of carbonyl (C=O) groups excluding carboxylic acids is 1. The third-order valence-electron chi connectivity index (χ3n) is 3.06. The van der Waals surface area contributed by atoms with E-state index in [9.17, 15) is 4.79 Å². The van der Waals surface area contributed by atoms with Crippen molar-refractivity contribution in [3.8, 4) is 0 Å². The van der Waals surface area contributed by atoms with Gasteiger partial charge in [0, 0.05) is 12.0 Å². The number of aryl methyl sites for hydroxylation is 1. The Balaban J connectivity index is 2.55. The van der Waals surface area contributed by atoms with E-state index in [0.29, 0.717) is 6.42 Å². The minimum atomic E-state index is -0.0570. The number of hydrogen-bond acceptors (Lipinski definition) is 1. The van der Waals surface area contributed by atoms with Gasteiger partial charge < -0.3 is 0 Å². The number of allylic oxidation sites excluding steroid dienone is 1. The highest BCUT2D eigenvalue weighted by atomic mass is 16.1. The Morgan fingerprint density at radius 3 is 2.50 bits per heavy atom. The topological polar surface area (TPSA) is 17.1 Å². The van der Waals surface area contributed by atoms with E-state index in [1.54, 1.807) is 0 Å². The summed E-state index contributed by atoms with van der Waals surface area (Å²) >= 11 is 0. The Morgan fingerprint density at radius 1 is 1.19 bits per heavy atom. The lowest BCUT2D eigenvalue weighted by Crippen LogP contribution is -2.22. The number of benzene rings is 1. The summed E-state index contributed by atoms with van der Waals surface area (Å²) in [6.07, 6.45) is 2.62. The van der Waals surface area contributed by atoms with Crippen LogP contribution in [-0.2, 0) is 11.2 Å².